The number of nitrogens with zero attached hydrogens (tertiary/aromatic N) is 2. The van der Waals surface area contributed by atoms with Gasteiger partial charge in [-0.15, -0.1) is 0 Å². The first-order valence-corrected chi connectivity index (χ1v) is 10.8. The van der Waals surface area contributed by atoms with Crippen molar-refractivity contribution in [3.05, 3.63) is 64.7 Å². The third kappa shape index (κ3) is 4.22. The minimum Gasteiger partial charge on any atom is -0.379 e. The van der Waals surface area contributed by atoms with Gasteiger partial charge in [-0.25, -0.2) is 8.42 Å². The molecular weight excluding hydrogens is 400 g/mol. The van der Waals surface area contributed by atoms with Gasteiger partial charge in [0, 0.05) is 25.7 Å². The number of carbonyl (C=O) groups is 1. The number of hydrogen-bond acceptors (Lipinski definition) is 4. The summed E-state index contributed by atoms with van der Waals surface area (Å²) in [6, 6.07) is 13.9. The summed E-state index contributed by atoms with van der Waals surface area (Å²) in [7, 11) is -2.10. The lowest BCUT2D eigenvalue weighted by Gasteiger charge is -2.27. The Balaban J connectivity index is 1.89. The number of amides is 1. The van der Waals surface area contributed by atoms with Gasteiger partial charge >= 0.3 is 0 Å². The minimum absolute atomic E-state index is 0.0531. The molecule has 1 saturated heterocycles. The average molecular weight is 423 g/mol. The zero-order valence-electron chi connectivity index (χ0n) is 15.8. The van der Waals surface area contributed by atoms with E-state index in [0.29, 0.717) is 13.2 Å². The summed E-state index contributed by atoms with van der Waals surface area (Å²) in [5, 5.41) is 0.0989. The molecule has 1 heterocycles. The van der Waals surface area contributed by atoms with E-state index in [-0.39, 0.29) is 40.5 Å². The summed E-state index contributed by atoms with van der Waals surface area (Å²) in [6.07, 6.45) is 0. The van der Waals surface area contributed by atoms with Crippen LogP contribution in [0.4, 0.5) is 0 Å². The van der Waals surface area contributed by atoms with Gasteiger partial charge in [0.25, 0.3) is 5.91 Å². The molecule has 1 fully saturated rings. The highest BCUT2D eigenvalue weighted by atomic mass is 35.5. The lowest BCUT2D eigenvalue weighted by molar-refractivity contribution is 0.0729. The SMILES string of the molecule is CC(c1ccccc1)N(C)C(=O)c1ccc(Cl)c(S(=O)(=O)N2CCOCC2)c1. The Hall–Kier alpha value is -1.93. The van der Waals surface area contributed by atoms with E-state index in [2.05, 4.69) is 0 Å². The molecule has 2 aromatic carbocycles. The molecule has 150 valence electrons. The fourth-order valence-electron chi connectivity index (χ4n) is 3.09. The molecule has 1 atom stereocenters. The van der Waals surface area contributed by atoms with Gasteiger partial charge in [-0.05, 0) is 30.7 Å². The van der Waals surface area contributed by atoms with Crippen molar-refractivity contribution in [2.45, 2.75) is 17.9 Å². The summed E-state index contributed by atoms with van der Waals surface area (Å²) in [5.41, 5.74) is 1.27. The zero-order valence-corrected chi connectivity index (χ0v) is 17.4. The van der Waals surface area contributed by atoms with Crippen LogP contribution in [0.2, 0.25) is 5.02 Å². The van der Waals surface area contributed by atoms with E-state index in [0.717, 1.165) is 5.56 Å². The highest BCUT2D eigenvalue weighted by Crippen LogP contribution is 2.28. The van der Waals surface area contributed by atoms with Gasteiger partial charge in [-0.1, -0.05) is 41.9 Å². The van der Waals surface area contributed by atoms with Gasteiger partial charge < -0.3 is 9.64 Å². The van der Waals surface area contributed by atoms with Gasteiger partial charge in [-0.3, -0.25) is 4.79 Å². The molecule has 6 nitrogen and oxygen atoms in total. The Kier molecular flexibility index (Phi) is 6.40. The Labute approximate surface area is 170 Å². The van der Waals surface area contributed by atoms with Crippen LogP contribution in [0.25, 0.3) is 0 Å². The van der Waals surface area contributed by atoms with Crippen molar-refractivity contribution in [1.82, 2.24) is 9.21 Å². The highest BCUT2D eigenvalue weighted by Gasteiger charge is 2.30. The summed E-state index contributed by atoms with van der Waals surface area (Å²) >= 11 is 6.18. The second kappa shape index (κ2) is 8.61. The summed E-state index contributed by atoms with van der Waals surface area (Å²) in [6.45, 7) is 3.14. The van der Waals surface area contributed by atoms with E-state index in [4.69, 9.17) is 16.3 Å². The van der Waals surface area contributed by atoms with E-state index in [1.165, 1.54) is 16.4 Å². The van der Waals surface area contributed by atoms with Crippen LogP contribution in [-0.4, -0.2) is 56.9 Å². The topological polar surface area (TPSA) is 66.9 Å². The number of carbonyl (C=O) groups excluding carboxylic acids is 1. The van der Waals surface area contributed by atoms with Crippen LogP contribution in [0.5, 0.6) is 0 Å². The van der Waals surface area contributed by atoms with Crippen LogP contribution >= 0.6 is 11.6 Å². The third-order valence-corrected chi connectivity index (χ3v) is 7.33. The second-order valence-corrected chi connectivity index (χ2v) is 8.98. The molecule has 0 N–H and O–H groups in total. The Bertz CT molecular complexity index is 944. The number of halogens is 1. The van der Waals surface area contributed by atoms with Crippen molar-refractivity contribution in [3.63, 3.8) is 0 Å². The number of morpholine rings is 1. The van der Waals surface area contributed by atoms with Crippen LogP contribution < -0.4 is 0 Å². The molecule has 8 heteroatoms. The maximum Gasteiger partial charge on any atom is 0.254 e. The van der Waals surface area contributed by atoms with E-state index >= 15 is 0 Å². The zero-order chi connectivity index (χ0) is 20.3. The summed E-state index contributed by atoms with van der Waals surface area (Å²) in [4.78, 5) is 14.5. The van der Waals surface area contributed by atoms with Crippen LogP contribution in [-0.2, 0) is 14.8 Å². The van der Waals surface area contributed by atoms with Crippen molar-refractivity contribution >= 4 is 27.5 Å². The number of rotatable bonds is 5. The Morgan fingerprint density at radius 3 is 2.43 bits per heavy atom. The van der Waals surface area contributed by atoms with Crippen LogP contribution in [0.1, 0.15) is 28.9 Å². The first kappa shape index (κ1) is 20.8. The van der Waals surface area contributed by atoms with Crippen LogP contribution in [0, 0.1) is 0 Å². The molecule has 28 heavy (non-hydrogen) atoms. The van der Waals surface area contributed by atoms with Gasteiger partial charge in [0.2, 0.25) is 10.0 Å². The molecule has 1 aliphatic heterocycles. The molecule has 0 aliphatic carbocycles. The van der Waals surface area contributed by atoms with Crippen molar-refractivity contribution in [3.8, 4) is 0 Å². The highest BCUT2D eigenvalue weighted by molar-refractivity contribution is 7.89. The first-order chi connectivity index (χ1) is 13.3. The van der Waals surface area contributed by atoms with Gasteiger partial charge in [0.15, 0.2) is 0 Å². The van der Waals surface area contributed by atoms with Gasteiger partial charge in [0.1, 0.15) is 4.90 Å². The Morgan fingerprint density at radius 1 is 1.14 bits per heavy atom. The van der Waals surface area contributed by atoms with Crippen molar-refractivity contribution < 1.29 is 17.9 Å². The largest absolute Gasteiger partial charge is 0.379 e. The number of ether oxygens (including phenoxy) is 1. The molecule has 1 amide bonds. The molecular formula is C20H23ClN2O4S. The first-order valence-electron chi connectivity index (χ1n) is 9.02. The minimum atomic E-state index is -3.80. The van der Waals surface area contributed by atoms with E-state index in [9.17, 15) is 13.2 Å². The molecule has 0 spiro atoms. The smallest absolute Gasteiger partial charge is 0.254 e. The van der Waals surface area contributed by atoms with Crippen molar-refractivity contribution in [1.29, 1.82) is 0 Å². The molecule has 1 unspecified atom stereocenters. The van der Waals surface area contributed by atoms with Crippen molar-refractivity contribution in [2.24, 2.45) is 0 Å². The van der Waals surface area contributed by atoms with Gasteiger partial charge in [-0.2, -0.15) is 4.31 Å². The fraction of sp³-hybridized carbons (Fsp3) is 0.350. The average Bonchev–Trinajstić information content (AvgIpc) is 2.73. The monoisotopic (exact) mass is 422 g/mol. The molecule has 0 bridgehead atoms. The molecule has 0 saturated carbocycles. The normalized spacial score (nSPS) is 16.5. The van der Waals surface area contributed by atoms with Crippen LogP contribution in [0.15, 0.2) is 53.4 Å². The fourth-order valence-corrected chi connectivity index (χ4v) is 5.00. The lowest BCUT2D eigenvalue weighted by atomic mass is 10.1. The molecule has 3 rings (SSSR count). The molecule has 1 aliphatic rings. The van der Waals surface area contributed by atoms with Crippen molar-refractivity contribution in [2.75, 3.05) is 33.4 Å². The van der Waals surface area contributed by atoms with Gasteiger partial charge in [0.05, 0.1) is 24.3 Å². The van der Waals surface area contributed by atoms with E-state index in [1.54, 1.807) is 18.0 Å². The van der Waals surface area contributed by atoms with Crippen LogP contribution in [0.3, 0.4) is 0 Å². The Morgan fingerprint density at radius 2 is 1.79 bits per heavy atom. The summed E-state index contributed by atoms with van der Waals surface area (Å²) < 4.78 is 32.5. The standard InChI is InChI=1S/C20H23ClN2O4S/c1-15(16-6-4-3-5-7-16)22(2)20(24)17-8-9-18(21)19(14-17)28(25,26)23-10-12-27-13-11-23/h3-9,14-15H,10-13H2,1-2H3. The molecule has 0 aromatic heterocycles. The second-order valence-electron chi connectivity index (χ2n) is 6.66. The predicted molar refractivity (Wildman–Crippen MR) is 108 cm³/mol. The molecule has 0 radical (unpaired) electrons. The third-order valence-electron chi connectivity index (χ3n) is 4.95. The van der Waals surface area contributed by atoms with E-state index in [1.807, 2.05) is 37.3 Å². The number of benzene rings is 2. The maximum absolute atomic E-state index is 13.0. The number of sulfonamides is 1. The van der Waals surface area contributed by atoms with E-state index < -0.39 is 10.0 Å². The quantitative estimate of drug-likeness (QED) is 0.742. The number of hydrogen-bond donors (Lipinski definition) is 0. The summed E-state index contributed by atoms with van der Waals surface area (Å²) in [5.74, 6) is -0.272. The molecule has 2 aromatic rings. The lowest BCUT2D eigenvalue weighted by Crippen LogP contribution is -2.40. The maximum atomic E-state index is 13.0. The predicted octanol–water partition coefficient (Wildman–Crippen LogP) is 3.19.